The zero-order valence-corrected chi connectivity index (χ0v) is 26.5. The first-order valence-corrected chi connectivity index (χ1v) is 16.8. The van der Waals surface area contributed by atoms with Gasteiger partial charge in [-0.1, -0.05) is 109 Å². The summed E-state index contributed by atoms with van der Waals surface area (Å²) in [5, 5.41) is 3.63. The molecule has 0 saturated heterocycles. The smallest absolute Gasteiger partial charge is 0.337 e. The average molecular weight is 626 g/mol. The molecule has 7 aromatic carbocycles. The molecule has 11 rings (SSSR count). The van der Waals surface area contributed by atoms with Crippen LogP contribution in [0.4, 0.5) is 34.3 Å². The van der Waals surface area contributed by atoms with E-state index in [4.69, 9.17) is 4.42 Å². The molecule has 2 aromatic heterocycles. The van der Waals surface area contributed by atoms with Crippen LogP contribution in [0, 0.1) is 0 Å². The molecule has 49 heavy (non-hydrogen) atoms. The largest absolute Gasteiger partial charge is 0.440 e. The number of para-hydroxylation sites is 5. The molecule has 9 aromatic rings. The molecule has 0 unspecified atom stereocenters. The molecule has 5 heteroatoms. The molecule has 0 radical (unpaired) electrons. The lowest BCUT2D eigenvalue weighted by molar-refractivity contribution is 0.622. The van der Waals surface area contributed by atoms with Gasteiger partial charge >= 0.3 is 6.85 Å². The van der Waals surface area contributed by atoms with Gasteiger partial charge in [0.25, 0.3) is 0 Å². The molecule has 4 nitrogen and oxygen atoms in total. The SMILES string of the molecule is c1ccc(N2c3cccc4c3B(c3c2oc2ccccc32)n2c3ccccc3c3c(N(c5ccccc5)c5ccccc5)ccc-4c32)cc1. The van der Waals surface area contributed by atoms with Gasteiger partial charge in [0.2, 0.25) is 5.88 Å². The van der Waals surface area contributed by atoms with E-state index in [1.165, 1.54) is 43.9 Å². The molecule has 0 amide bonds. The van der Waals surface area contributed by atoms with Gasteiger partial charge in [0, 0.05) is 61.0 Å². The number of nitrogens with zero attached hydrogens (tertiary/aromatic N) is 3. The predicted molar refractivity (Wildman–Crippen MR) is 204 cm³/mol. The number of fused-ring (bicyclic) bond motifs is 9. The highest BCUT2D eigenvalue weighted by Gasteiger charge is 2.45. The Balaban J connectivity index is 1.30. The van der Waals surface area contributed by atoms with E-state index in [-0.39, 0.29) is 6.85 Å². The first-order chi connectivity index (χ1) is 24.4. The number of aromatic nitrogens is 1. The summed E-state index contributed by atoms with van der Waals surface area (Å²) in [6, 6.07) is 60.9. The van der Waals surface area contributed by atoms with Crippen molar-refractivity contribution in [3.8, 4) is 11.1 Å². The van der Waals surface area contributed by atoms with Crippen molar-refractivity contribution in [2.24, 2.45) is 0 Å². The van der Waals surface area contributed by atoms with Gasteiger partial charge in [-0.3, -0.25) is 4.90 Å². The molecule has 228 valence electrons. The van der Waals surface area contributed by atoms with Gasteiger partial charge in [0.15, 0.2) is 0 Å². The van der Waals surface area contributed by atoms with Crippen molar-refractivity contribution in [2.45, 2.75) is 0 Å². The van der Waals surface area contributed by atoms with Gasteiger partial charge in [0.05, 0.1) is 5.69 Å². The summed E-state index contributed by atoms with van der Waals surface area (Å²) in [7, 11) is 0. The molecule has 0 N–H and O–H groups in total. The Kier molecular flexibility index (Phi) is 5.44. The second-order valence-electron chi connectivity index (χ2n) is 12.9. The van der Waals surface area contributed by atoms with Crippen LogP contribution in [0.1, 0.15) is 0 Å². The fourth-order valence-corrected chi connectivity index (χ4v) is 8.46. The van der Waals surface area contributed by atoms with E-state index in [1.54, 1.807) is 0 Å². The van der Waals surface area contributed by atoms with E-state index >= 15 is 0 Å². The summed E-state index contributed by atoms with van der Waals surface area (Å²) >= 11 is 0. The van der Waals surface area contributed by atoms with Crippen LogP contribution in [0.15, 0.2) is 174 Å². The Hall–Kier alpha value is -6.46. The van der Waals surface area contributed by atoms with Gasteiger partial charge in [0.1, 0.15) is 5.58 Å². The number of hydrogen-bond acceptors (Lipinski definition) is 3. The van der Waals surface area contributed by atoms with Gasteiger partial charge in [-0.05, 0) is 71.7 Å². The lowest BCUT2D eigenvalue weighted by Crippen LogP contribution is -2.56. The molecule has 0 aliphatic carbocycles. The van der Waals surface area contributed by atoms with Crippen LogP contribution in [0.3, 0.4) is 0 Å². The minimum atomic E-state index is -0.0862. The molecule has 0 fully saturated rings. The molecule has 4 heterocycles. The van der Waals surface area contributed by atoms with Gasteiger partial charge < -0.3 is 13.8 Å². The lowest BCUT2D eigenvalue weighted by atomic mass is 9.45. The van der Waals surface area contributed by atoms with Gasteiger partial charge in [-0.25, -0.2) is 0 Å². The Labute approximate surface area is 283 Å². The Bertz CT molecular complexity index is 2690. The summed E-state index contributed by atoms with van der Waals surface area (Å²) in [5.41, 5.74) is 14.0. The van der Waals surface area contributed by atoms with E-state index in [9.17, 15) is 0 Å². The van der Waals surface area contributed by atoms with Crippen molar-refractivity contribution in [3.05, 3.63) is 170 Å². The molecule has 2 aliphatic rings. The first kappa shape index (κ1) is 26.6. The third-order valence-electron chi connectivity index (χ3n) is 10.4. The second-order valence-corrected chi connectivity index (χ2v) is 12.9. The predicted octanol–water partition coefficient (Wildman–Crippen LogP) is 10.4. The highest BCUT2D eigenvalue weighted by atomic mass is 16.4. The number of hydrogen-bond donors (Lipinski definition) is 0. The van der Waals surface area contributed by atoms with Crippen molar-refractivity contribution in [1.29, 1.82) is 0 Å². The zero-order chi connectivity index (χ0) is 32.1. The molecule has 2 aliphatic heterocycles. The average Bonchev–Trinajstić information content (AvgIpc) is 3.72. The maximum Gasteiger partial charge on any atom is 0.337 e. The van der Waals surface area contributed by atoms with Crippen LogP contribution >= 0.6 is 0 Å². The standard InChI is InChI=1S/C44H28BN3O/c1-4-15-29(16-5-1)46(30-17-6-2-7-18-30)37-28-27-33-32-23-14-25-38-41(32)45(48-36-24-12-10-21-34(36)40(37)43(33)48)42-35-22-11-13-26-39(35)49-44(42)47(38)31-19-8-3-9-20-31/h1-28H. The monoisotopic (exact) mass is 625 g/mol. The maximum absolute atomic E-state index is 6.86. The third kappa shape index (κ3) is 3.59. The number of anilines is 6. The van der Waals surface area contributed by atoms with Crippen molar-refractivity contribution in [3.63, 3.8) is 0 Å². The van der Waals surface area contributed by atoms with Crippen molar-refractivity contribution >= 4 is 84.9 Å². The molecule has 0 atom stereocenters. The summed E-state index contributed by atoms with van der Waals surface area (Å²) in [5.74, 6) is 0.878. The number of rotatable bonds is 4. The highest BCUT2D eigenvalue weighted by molar-refractivity contribution is 6.91. The van der Waals surface area contributed by atoms with Crippen molar-refractivity contribution in [1.82, 2.24) is 4.48 Å². The fraction of sp³-hybridized carbons (Fsp3) is 0. The summed E-state index contributed by atoms with van der Waals surface area (Å²) in [6.45, 7) is -0.0862. The molecule has 0 bridgehead atoms. The Morgan fingerprint density at radius 3 is 1.92 bits per heavy atom. The van der Waals surface area contributed by atoms with E-state index in [2.05, 4.69) is 184 Å². The number of benzene rings is 7. The summed E-state index contributed by atoms with van der Waals surface area (Å²) in [6.07, 6.45) is 0. The van der Waals surface area contributed by atoms with E-state index in [0.29, 0.717) is 0 Å². The maximum atomic E-state index is 6.86. The van der Waals surface area contributed by atoms with Crippen LogP contribution < -0.4 is 20.7 Å². The molecular formula is C44H28BN3O. The first-order valence-electron chi connectivity index (χ1n) is 16.8. The zero-order valence-electron chi connectivity index (χ0n) is 26.5. The van der Waals surface area contributed by atoms with E-state index in [1.807, 2.05) is 0 Å². The van der Waals surface area contributed by atoms with Crippen molar-refractivity contribution < 1.29 is 4.42 Å². The second kappa shape index (κ2) is 10.0. The summed E-state index contributed by atoms with van der Waals surface area (Å²) < 4.78 is 9.47. The Morgan fingerprint density at radius 2 is 1.16 bits per heavy atom. The van der Waals surface area contributed by atoms with E-state index in [0.717, 1.165) is 45.3 Å². The van der Waals surface area contributed by atoms with Gasteiger partial charge in [-0.15, -0.1) is 0 Å². The lowest BCUT2D eigenvalue weighted by Gasteiger charge is -2.38. The highest BCUT2D eigenvalue weighted by Crippen LogP contribution is 2.50. The third-order valence-corrected chi connectivity index (χ3v) is 10.4. The quantitative estimate of drug-likeness (QED) is 0.182. The van der Waals surface area contributed by atoms with Crippen LogP contribution in [0.25, 0.3) is 43.9 Å². The van der Waals surface area contributed by atoms with Crippen LogP contribution in [-0.2, 0) is 0 Å². The molecule has 0 spiro atoms. The van der Waals surface area contributed by atoms with Crippen LogP contribution in [0.5, 0.6) is 0 Å². The minimum absolute atomic E-state index is 0.0862. The van der Waals surface area contributed by atoms with E-state index < -0.39 is 0 Å². The number of furan rings is 1. The molecular weight excluding hydrogens is 597 g/mol. The Morgan fingerprint density at radius 1 is 0.510 bits per heavy atom. The normalized spacial score (nSPS) is 12.8. The minimum Gasteiger partial charge on any atom is -0.440 e. The summed E-state index contributed by atoms with van der Waals surface area (Å²) in [4.78, 5) is 4.72. The van der Waals surface area contributed by atoms with Crippen molar-refractivity contribution in [2.75, 3.05) is 9.80 Å². The molecule has 0 saturated carbocycles. The van der Waals surface area contributed by atoms with Gasteiger partial charge in [-0.2, -0.15) is 0 Å². The van der Waals surface area contributed by atoms with Crippen LogP contribution in [-0.4, -0.2) is 11.3 Å². The fourth-order valence-electron chi connectivity index (χ4n) is 8.46. The van der Waals surface area contributed by atoms with Crippen LogP contribution in [0.2, 0.25) is 0 Å². The topological polar surface area (TPSA) is 24.6 Å².